The average Bonchev–Trinajstić information content (AvgIpc) is 2.12. The highest BCUT2D eigenvalue weighted by Gasteiger charge is 1.92. The van der Waals surface area contributed by atoms with E-state index in [1.54, 1.807) is 13.1 Å². The van der Waals surface area contributed by atoms with Crippen molar-refractivity contribution in [3.63, 3.8) is 0 Å². The second kappa shape index (κ2) is 4.62. The van der Waals surface area contributed by atoms with Crippen molar-refractivity contribution in [3.05, 3.63) is 39.8 Å². The Kier molecular flexibility index (Phi) is 3.46. The Morgan fingerprint density at radius 1 is 1.62 bits per heavy atom. The summed E-state index contributed by atoms with van der Waals surface area (Å²) in [5, 5.41) is 0. The van der Waals surface area contributed by atoms with Gasteiger partial charge in [-0.2, -0.15) is 0 Å². The Labute approximate surface area is 77.3 Å². The molecule has 0 aromatic carbocycles. The molecular weight excluding hydrogens is 164 g/mol. The molecular formula is C10H14N2O. The lowest BCUT2D eigenvalue weighted by Gasteiger charge is -1.94. The van der Waals surface area contributed by atoms with Gasteiger partial charge in [-0.3, -0.25) is 4.79 Å². The summed E-state index contributed by atoms with van der Waals surface area (Å²) in [7, 11) is 0. The zero-order valence-corrected chi connectivity index (χ0v) is 7.71. The van der Waals surface area contributed by atoms with Gasteiger partial charge < -0.3 is 10.7 Å². The lowest BCUT2D eigenvalue weighted by atomic mass is 10.2. The zero-order valence-electron chi connectivity index (χ0n) is 7.71. The minimum absolute atomic E-state index is 0.0315. The molecule has 0 saturated carbocycles. The number of aromatic amines is 1. The molecule has 1 heterocycles. The number of nitrogens with one attached hydrogen (secondary N) is 1. The standard InChI is InChI=1S/C10H14N2O/c1-8-6-9(4-2-3-5-11)7-12-10(8)13/h2,4,6-7H,3,5,11H2,1H3,(H,12,13). The first-order valence-corrected chi connectivity index (χ1v) is 4.30. The van der Waals surface area contributed by atoms with Crippen molar-refractivity contribution in [2.75, 3.05) is 6.54 Å². The molecule has 1 aromatic heterocycles. The molecule has 70 valence electrons. The smallest absolute Gasteiger partial charge is 0.250 e. The Balaban J connectivity index is 2.79. The van der Waals surface area contributed by atoms with Gasteiger partial charge in [-0.15, -0.1) is 0 Å². The third-order valence-electron chi connectivity index (χ3n) is 1.75. The third-order valence-corrected chi connectivity index (χ3v) is 1.75. The van der Waals surface area contributed by atoms with E-state index < -0.39 is 0 Å². The van der Waals surface area contributed by atoms with E-state index in [9.17, 15) is 4.79 Å². The molecule has 0 aliphatic rings. The number of hydrogen-bond donors (Lipinski definition) is 2. The molecule has 0 atom stereocenters. The van der Waals surface area contributed by atoms with Crippen LogP contribution in [0.5, 0.6) is 0 Å². The number of H-pyrrole nitrogens is 1. The van der Waals surface area contributed by atoms with Crippen molar-refractivity contribution >= 4 is 6.08 Å². The Morgan fingerprint density at radius 2 is 2.38 bits per heavy atom. The molecule has 0 bridgehead atoms. The van der Waals surface area contributed by atoms with Crippen molar-refractivity contribution in [2.45, 2.75) is 13.3 Å². The van der Waals surface area contributed by atoms with Crippen LogP contribution >= 0.6 is 0 Å². The lowest BCUT2D eigenvalue weighted by molar-refractivity contribution is 1.01. The minimum atomic E-state index is -0.0315. The molecule has 0 amide bonds. The maximum absolute atomic E-state index is 11.0. The maximum atomic E-state index is 11.0. The molecule has 0 radical (unpaired) electrons. The van der Waals surface area contributed by atoms with E-state index in [2.05, 4.69) is 4.98 Å². The van der Waals surface area contributed by atoms with Crippen molar-refractivity contribution in [3.8, 4) is 0 Å². The fourth-order valence-electron chi connectivity index (χ4n) is 1.03. The summed E-state index contributed by atoms with van der Waals surface area (Å²) in [6.45, 7) is 2.44. The van der Waals surface area contributed by atoms with E-state index in [-0.39, 0.29) is 5.56 Å². The molecule has 1 rings (SSSR count). The molecule has 0 saturated heterocycles. The number of aryl methyl sites for hydroxylation is 1. The van der Waals surface area contributed by atoms with Gasteiger partial charge in [-0.1, -0.05) is 12.2 Å². The number of rotatable bonds is 3. The third kappa shape index (κ3) is 2.87. The van der Waals surface area contributed by atoms with Gasteiger partial charge in [0.05, 0.1) is 0 Å². The van der Waals surface area contributed by atoms with Gasteiger partial charge in [-0.25, -0.2) is 0 Å². The zero-order chi connectivity index (χ0) is 9.68. The molecule has 3 nitrogen and oxygen atoms in total. The predicted octanol–water partition coefficient (Wildman–Crippen LogP) is 1.05. The average molecular weight is 178 g/mol. The van der Waals surface area contributed by atoms with E-state index in [4.69, 9.17) is 5.73 Å². The van der Waals surface area contributed by atoms with Gasteiger partial charge in [0.25, 0.3) is 5.56 Å². The summed E-state index contributed by atoms with van der Waals surface area (Å²) in [4.78, 5) is 13.7. The normalized spacial score (nSPS) is 10.9. The van der Waals surface area contributed by atoms with Gasteiger partial charge in [0.2, 0.25) is 0 Å². The van der Waals surface area contributed by atoms with Crippen LogP contribution in [0.3, 0.4) is 0 Å². The largest absolute Gasteiger partial charge is 0.330 e. The van der Waals surface area contributed by atoms with Gasteiger partial charge >= 0.3 is 0 Å². The van der Waals surface area contributed by atoms with Gasteiger partial charge in [-0.05, 0) is 31.5 Å². The summed E-state index contributed by atoms with van der Waals surface area (Å²) in [5.41, 5.74) is 7.04. The van der Waals surface area contributed by atoms with E-state index in [0.717, 1.165) is 17.5 Å². The molecule has 0 aliphatic carbocycles. The summed E-state index contributed by atoms with van der Waals surface area (Å²) < 4.78 is 0. The maximum Gasteiger partial charge on any atom is 0.250 e. The van der Waals surface area contributed by atoms with Gasteiger partial charge in [0.1, 0.15) is 0 Å². The molecule has 1 aromatic rings. The fraction of sp³-hybridized carbons (Fsp3) is 0.300. The Morgan fingerprint density at radius 3 is 3.00 bits per heavy atom. The van der Waals surface area contributed by atoms with Crippen LogP contribution < -0.4 is 11.3 Å². The Hall–Kier alpha value is -1.35. The van der Waals surface area contributed by atoms with Gasteiger partial charge in [0, 0.05) is 11.8 Å². The van der Waals surface area contributed by atoms with Crippen LogP contribution in [0.2, 0.25) is 0 Å². The summed E-state index contributed by atoms with van der Waals surface area (Å²) >= 11 is 0. The van der Waals surface area contributed by atoms with Crippen LogP contribution in [0.4, 0.5) is 0 Å². The lowest BCUT2D eigenvalue weighted by Crippen LogP contribution is -2.07. The molecule has 0 aliphatic heterocycles. The van der Waals surface area contributed by atoms with Crippen molar-refractivity contribution in [2.24, 2.45) is 5.73 Å². The highest BCUT2D eigenvalue weighted by molar-refractivity contribution is 5.48. The topological polar surface area (TPSA) is 58.9 Å². The molecule has 13 heavy (non-hydrogen) atoms. The second-order valence-corrected chi connectivity index (χ2v) is 2.92. The van der Waals surface area contributed by atoms with Crippen LogP contribution in [0, 0.1) is 6.92 Å². The van der Waals surface area contributed by atoms with Crippen LogP contribution in [0.25, 0.3) is 6.08 Å². The van der Waals surface area contributed by atoms with Gasteiger partial charge in [0.15, 0.2) is 0 Å². The van der Waals surface area contributed by atoms with Crippen molar-refractivity contribution < 1.29 is 0 Å². The van der Waals surface area contributed by atoms with Crippen LogP contribution in [-0.4, -0.2) is 11.5 Å². The van der Waals surface area contributed by atoms with E-state index in [1.807, 2.05) is 18.2 Å². The van der Waals surface area contributed by atoms with E-state index in [1.165, 1.54) is 0 Å². The first-order chi connectivity index (χ1) is 6.24. The SMILES string of the molecule is Cc1cc(C=CCCN)c[nH]c1=O. The highest BCUT2D eigenvalue weighted by atomic mass is 16.1. The summed E-state index contributed by atoms with van der Waals surface area (Å²) in [6, 6.07) is 1.85. The van der Waals surface area contributed by atoms with Crippen LogP contribution in [-0.2, 0) is 0 Å². The second-order valence-electron chi connectivity index (χ2n) is 2.92. The first kappa shape index (κ1) is 9.74. The summed E-state index contributed by atoms with van der Waals surface area (Å²) in [5.74, 6) is 0. The van der Waals surface area contributed by atoms with Crippen LogP contribution in [0.15, 0.2) is 23.1 Å². The molecule has 0 fully saturated rings. The number of nitrogens with two attached hydrogens (primary N) is 1. The molecule has 3 heteroatoms. The summed E-state index contributed by atoms with van der Waals surface area (Å²) in [6.07, 6.45) is 6.50. The highest BCUT2D eigenvalue weighted by Crippen LogP contribution is 2.00. The van der Waals surface area contributed by atoms with E-state index >= 15 is 0 Å². The minimum Gasteiger partial charge on any atom is -0.330 e. The quantitative estimate of drug-likeness (QED) is 0.726. The molecule has 3 N–H and O–H groups in total. The molecule has 0 spiro atoms. The predicted molar refractivity (Wildman–Crippen MR) is 54.5 cm³/mol. The number of pyridine rings is 1. The van der Waals surface area contributed by atoms with Crippen molar-refractivity contribution in [1.29, 1.82) is 0 Å². The monoisotopic (exact) mass is 178 g/mol. The van der Waals surface area contributed by atoms with Crippen LogP contribution in [0.1, 0.15) is 17.5 Å². The number of aromatic nitrogens is 1. The molecule has 0 unspecified atom stereocenters. The first-order valence-electron chi connectivity index (χ1n) is 4.30. The van der Waals surface area contributed by atoms with Crippen molar-refractivity contribution in [1.82, 2.24) is 4.98 Å². The Bertz CT molecular complexity index is 352. The number of hydrogen-bond acceptors (Lipinski definition) is 2. The van der Waals surface area contributed by atoms with E-state index in [0.29, 0.717) is 6.54 Å². The fourth-order valence-corrected chi connectivity index (χ4v) is 1.03.